The van der Waals surface area contributed by atoms with Crippen molar-refractivity contribution in [1.29, 1.82) is 0 Å². The number of benzene rings is 1. The van der Waals surface area contributed by atoms with Crippen LogP contribution in [0.25, 0.3) is 11.4 Å². The van der Waals surface area contributed by atoms with E-state index in [-0.39, 0.29) is 5.75 Å². The van der Waals surface area contributed by atoms with E-state index in [9.17, 15) is 5.11 Å². The van der Waals surface area contributed by atoms with Crippen molar-refractivity contribution in [3.63, 3.8) is 0 Å². The minimum absolute atomic E-state index is 0.206. The molecule has 4 nitrogen and oxygen atoms in total. The summed E-state index contributed by atoms with van der Waals surface area (Å²) in [6.45, 7) is 2.12. The molecule has 1 aromatic carbocycles. The van der Waals surface area contributed by atoms with Gasteiger partial charge in [-0.05, 0) is 18.6 Å². The summed E-state index contributed by atoms with van der Waals surface area (Å²) in [7, 11) is 0. The van der Waals surface area contributed by atoms with Crippen molar-refractivity contribution in [2.45, 2.75) is 26.2 Å². The van der Waals surface area contributed by atoms with E-state index in [2.05, 4.69) is 17.1 Å². The van der Waals surface area contributed by atoms with Crippen LogP contribution in [0.4, 0.5) is 0 Å². The summed E-state index contributed by atoms with van der Waals surface area (Å²) in [6, 6.07) is 6.83. The second-order valence-electron chi connectivity index (χ2n) is 3.67. The van der Waals surface area contributed by atoms with E-state index in [4.69, 9.17) is 4.52 Å². The van der Waals surface area contributed by atoms with Crippen molar-refractivity contribution in [3.05, 3.63) is 30.2 Å². The molecule has 0 spiro atoms. The maximum atomic E-state index is 9.34. The lowest BCUT2D eigenvalue weighted by molar-refractivity contribution is 0.375. The van der Waals surface area contributed by atoms with Crippen LogP contribution in [0, 0.1) is 0 Å². The van der Waals surface area contributed by atoms with Gasteiger partial charge in [0.05, 0.1) is 0 Å². The van der Waals surface area contributed by atoms with Gasteiger partial charge in [-0.1, -0.05) is 30.6 Å². The van der Waals surface area contributed by atoms with Crippen LogP contribution in [0.3, 0.4) is 0 Å². The average molecular weight is 218 g/mol. The van der Waals surface area contributed by atoms with Gasteiger partial charge in [0.1, 0.15) is 5.75 Å². The third-order valence-corrected chi connectivity index (χ3v) is 2.32. The Balaban J connectivity index is 2.18. The fraction of sp³-hybridized carbons (Fsp3) is 0.333. The molecule has 1 heterocycles. The average Bonchev–Trinajstić information content (AvgIpc) is 2.75. The Labute approximate surface area is 93.9 Å². The van der Waals surface area contributed by atoms with Gasteiger partial charge in [0.2, 0.25) is 11.7 Å². The molecule has 4 heteroatoms. The van der Waals surface area contributed by atoms with Crippen LogP contribution in [0.15, 0.2) is 28.8 Å². The van der Waals surface area contributed by atoms with Crippen LogP contribution in [0.1, 0.15) is 25.7 Å². The monoisotopic (exact) mass is 218 g/mol. The highest BCUT2D eigenvalue weighted by Gasteiger charge is 2.08. The lowest BCUT2D eigenvalue weighted by atomic mass is 10.2. The predicted molar refractivity (Wildman–Crippen MR) is 60.0 cm³/mol. The Morgan fingerprint density at radius 2 is 2.25 bits per heavy atom. The topological polar surface area (TPSA) is 59.2 Å². The Kier molecular flexibility index (Phi) is 3.19. The number of hydrogen-bond acceptors (Lipinski definition) is 4. The summed E-state index contributed by atoms with van der Waals surface area (Å²) in [5, 5.41) is 13.2. The molecular weight excluding hydrogens is 204 g/mol. The zero-order chi connectivity index (χ0) is 11.4. The molecule has 1 aromatic heterocycles. The first kappa shape index (κ1) is 10.7. The summed E-state index contributed by atoms with van der Waals surface area (Å²) in [6.07, 6.45) is 2.95. The number of unbranched alkanes of at least 4 members (excludes halogenated alkanes) is 1. The van der Waals surface area contributed by atoms with Crippen molar-refractivity contribution in [2.24, 2.45) is 0 Å². The molecule has 2 rings (SSSR count). The molecular formula is C12H14N2O2. The Morgan fingerprint density at radius 1 is 1.38 bits per heavy atom. The molecule has 0 radical (unpaired) electrons. The molecule has 16 heavy (non-hydrogen) atoms. The van der Waals surface area contributed by atoms with Gasteiger partial charge in [-0.3, -0.25) is 0 Å². The lowest BCUT2D eigenvalue weighted by Gasteiger charge is -1.94. The third-order valence-electron chi connectivity index (χ3n) is 2.32. The minimum atomic E-state index is 0.206. The molecule has 0 amide bonds. The van der Waals surface area contributed by atoms with Crippen LogP contribution in [-0.2, 0) is 6.42 Å². The van der Waals surface area contributed by atoms with E-state index in [1.165, 1.54) is 0 Å². The molecule has 0 aliphatic rings. The van der Waals surface area contributed by atoms with E-state index >= 15 is 0 Å². The molecule has 1 N–H and O–H groups in total. The quantitative estimate of drug-likeness (QED) is 0.857. The summed E-state index contributed by atoms with van der Waals surface area (Å²) in [5.41, 5.74) is 0.770. The van der Waals surface area contributed by atoms with Crippen molar-refractivity contribution in [1.82, 2.24) is 10.1 Å². The van der Waals surface area contributed by atoms with Gasteiger partial charge in [0.25, 0.3) is 0 Å². The molecule has 0 aliphatic heterocycles. The molecule has 0 unspecified atom stereocenters. The second-order valence-corrected chi connectivity index (χ2v) is 3.67. The number of phenols is 1. The summed E-state index contributed by atoms with van der Waals surface area (Å²) in [4.78, 5) is 4.27. The molecule has 0 bridgehead atoms. The van der Waals surface area contributed by atoms with Gasteiger partial charge >= 0.3 is 0 Å². The van der Waals surface area contributed by atoms with Crippen LogP contribution in [0.2, 0.25) is 0 Å². The van der Waals surface area contributed by atoms with Gasteiger partial charge in [-0.15, -0.1) is 0 Å². The van der Waals surface area contributed by atoms with Crippen LogP contribution in [0.5, 0.6) is 5.75 Å². The number of phenolic OH excluding ortho intramolecular Hbond substituents is 1. The smallest absolute Gasteiger partial charge is 0.226 e. The lowest BCUT2D eigenvalue weighted by Crippen LogP contribution is -1.85. The Bertz CT molecular complexity index is 466. The number of aromatic hydroxyl groups is 1. The minimum Gasteiger partial charge on any atom is -0.508 e. The molecule has 0 atom stereocenters. The molecule has 0 saturated carbocycles. The summed E-state index contributed by atoms with van der Waals surface area (Å²) < 4.78 is 5.12. The number of nitrogens with zero attached hydrogens (tertiary/aromatic N) is 2. The highest BCUT2D eigenvalue weighted by Crippen LogP contribution is 2.20. The van der Waals surface area contributed by atoms with Crippen LogP contribution < -0.4 is 0 Å². The first-order valence-corrected chi connectivity index (χ1v) is 5.41. The van der Waals surface area contributed by atoms with Crippen molar-refractivity contribution < 1.29 is 9.63 Å². The predicted octanol–water partition coefficient (Wildman–Crippen LogP) is 2.78. The number of aromatic nitrogens is 2. The standard InChI is InChI=1S/C12H14N2O2/c1-2-3-7-11-13-12(14-16-11)9-5-4-6-10(15)8-9/h4-6,8,15H,2-3,7H2,1H3. The third kappa shape index (κ3) is 2.39. The Morgan fingerprint density at radius 3 is 3.00 bits per heavy atom. The molecule has 0 fully saturated rings. The molecule has 0 aliphatic carbocycles. The number of rotatable bonds is 4. The zero-order valence-electron chi connectivity index (χ0n) is 9.18. The van der Waals surface area contributed by atoms with Gasteiger partial charge in [0.15, 0.2) is 0 Å². The molecule has 0 saturated heterocycles. The second kappa shape index (κ2) is 4.79. The van der Waals surface area contributed by atoms with Gasteiger partial charge in [0, 0.05) is 12.0 Å². The SMILES string of the molecule is CCCCc1nc(-c2cccc(O)c2)no1. The first-order valence-electron chi connectivity index (χ1n) is 5.41. The normalized spacial score (nSPS) is 10.6. The highest BCUT2D eigenvalue weighted by molar-refractivity contribution is 5.56. The number of aryl methyl sites for hydroxylation is 1. The fourth-order valence-electron chi connectivity index (χ4n) is 1.45. The van der Waals surface area contributed by atoms with Crippen molar-refractivity contribution >= 4 is 0 Å². The van der Waals surface area contributed by atoms with Gasteiger partial charge in [-0.25, -0.2) is 0 Å². The van der Waals surface area contributed by atoms with Crippen LogP contribution >= 0.6 is 0 Å². The van der Waals surface area contributed by atoms with E-state index < -0.39 is 0 Å². The maximum Gasteiger partial charge on any atom is 0.226 e. The largest absolute Gasteiger partial charge is 0.508 e. The maximum absolute atomic E-state index is 9.34. The van der Waals surface area contributed by atoms with E-state index in [1.54, 1.807) is 18.2 Å². The Hall–Kier alpha value is -1.84. The van der Waals surface area contributed by atoms with Gasteiger partial charge in [-0.2, -0.15) is 4.98 Å². The zero-order valence-corrected chi connectivity index (χ0v) is 9.18. The summed E-state index contributed by atoms with van der Waals surface area (Å²) in [5.74, 6) is 1.39. The van der Waals surface area contributed by atoms with E-state index in [1.807, 2.05) is 6.07 Å². The molecule has 84 valence electrons. The van der Waals surface area contributed by atoms with Crippen LogP contribution in [-0.4, -0.2) is 15.2 Å². The molecule has 2 aromatic rings. The van der Waals surface area contributed by atoms with Crippen molar-refractivity contribution in [2.75, 3.05) is 0 Å². The summed E-state index contributed by atoms with van der Waals surface area (Å²) >= 11 is 0. The van der Waals surface area contributed by atoms with E-state index in [0.717, 1.165) is 24.8 Å². The van der Waals surface area contributed by atoms with Crippen molar-refractivity contribution in [3.8, 4) is 17.1 Å². The van der Waals surface area contributed by atoms with Gasteiger partial charge < -0.3 is 9.63 Å². The highest BCUT2D eigenvalue weighted by atomic mass is 16.5. The first-order chi connectivity index (χ1) is 7.79. The fourth-order valence-corrected chi connectivity index (χ4v) is 1.45. The van der Waals surface area contributed by atoms with E-state index in [0.29, 0.717) is 11.7 Å². The number of hydrogen-bond donors (Lipinski definition) is 1.